The molecular formula is C9H13NO. The molecule has 11 heavy (non-hydrogen) atoms. The molecule has 0 aromatic carbocycles. The van der Waals surface area contributed by atoms with Gasteiger partial charge in [-0.15, -0.1) is 0 Å². The van der Waals surface area contributed by atoms with Crippen LogP contribution < -0.4 is 4.74 Å². The SMILES string of the molecule is CCCCOc1cccnc1. The van der Waals surface area contributed by atoms with Gasteiger partial charge in [-0.05, 0) is 18.6 Å². The van der Waals surface area contributed by atoms with Crippen molar-refractivity contribution in [2.45, 2.75) is 19.8 Å². The fraction of sp³-hybridized carbons (Fsp3) is 0.444. The summed E-state index contributed by atoms with van der Waals surface area (Å²) < 4.78 is 5.38. The van der Waals surface area contributed by atoms with Crippen LogP contribution in [0.2, 0.25) is 0 Å². The average molecular weight is 151 g/mol. The van der Waals surface area contributed by atoms with Gasteiger partial charge in [0, 0.05) is 6.20 Å². The van der Waals surface area contributed by atoms with Crippen LogP contribution in [0.25, 0.3) is 0 Å². The molecule has 0 aliphatic carbocycles. The fourth-order valence-corrected chi connectivity index (χ4v) is 0.767. The van der Waals surface area contributed by atoms with E-state index in [1.165, 1.54) is 6.42 Å². The van der Waals surface area contributed by atoms with Crippen LogP contribution in [0.15, 0.2) is 24.5 Å². The van der Waals surface area contributed by atoms with E-state index in [4.69, 9.17) is 4.74 Å². The Morgan fingerprint density at radius 3 is 3.09 bits per heavy atom. The second-order valence-corrected chi connectivity index (χ2v) is 2.39. The summed E-state index contributed by atoms with van der Waals surface area (Å²) >= 11 is 0. The van der Waals surface area contributed by atoms with Gasteiger partial charge in [-0.25, -0.2) is 0 Å². The van der Waals surface area contributed by atoms with Gasteiger partial charge in [0.05, 0.1) is 12.8 Å². The summed E-state index contributed by atoms with van der Waals surface area (Å²) in [7, 11) is 0. The second-order valence-electron chi connectivity index (χ2n) is 2.39. The zero-order valence-electron chi connectivity index (χ0n) is 6.79. The van der Waals surface area contributed by atoms with Crippen LogP contribution in [0.5, 0.6) is 5.75 Å². The summed E-state index contributed by atoms with van der Waals surface area (Å²) in [5.74, 6) is 0.862. The zero-order chi connectivity index (χ0) is 7.94. The van der Waals surface area contributed by atoms with Crippen molar-refractivity contribution in [2.75, 3.05) is 6.61 Å². The lowest BCUT2D eigenvalue weighted by atomic mass is 10.4. The van der Waals surface area contributed by atoms with Crippen LogP contribution in [-0.2, 0) is 0 Å². The Hall–Kier alpha value is -1.05. The molecule has 1 heterocycles. The maximum Gasteiger partial charge on any atom is 0.137 e. The molecule has 0 spiro atoms. The Labute approximate surface area is 67.2 Å². The highest BCUT2D eigenvalue weighted by Crippen LogP contribution is 2.06. The molecule has 1 rings (SSSR count). The van der Waals surface area contributed by atoms with Crippen molar-refractivity contribution in [1.82, 2.24) is 4.98 Å². The van der Waals surface area contributed by atoms with Gasteiger partial charge in [-0.2, -0.15) is 0 Å². The highest BCUT2D eigenvalue weighted by atomic mass is 16.5. The fourth-order valence-electron chi connectivity index (χ4n) is 0.767. The van der Waals surface area contributed by atoms with Gasteiger partial charge in [0.2, 0.25) is 0 Å². The molecule has 0 amide bonds. The predicted molar refractivity (Wildman–Crippen MR) is 44.6 cm³/mol. The van der Waals surface area contributed by atoms with E-state index in [2.05, 4.69) is 11.9 Å². The Morgan fingerprint density at radius 1 is 1.55 bits per heavy atom. The number of unbranched alkanes of at least 4 members (excludes halogenated alkanes) is 1. The summed E-state index contributed by atoms with van der Waals surface area (Å²) in [5, 5.41) is 0. The largest absolute Gasteiger partial charge is 0.492 e. The van der Waals surface area contributed by atoms with E-state index >= 15 is 0 Å². The molecule has 60 valence electrons. The maximum absolute atomic E-state index is 5.38. The van der Waals surface area contributed by atoms with Crippen molar-refractivity contribution in [1.29, 1.82) is 0 Å². The van der Waals surface area contributed by atoms with E-state index < -0.39 is 0 Å². The average Bonchev–Trinajstić information content (AvgIpc) is 2.07. The number of hydrogen-bond acceptors (Lipinski definition) is 2. The molecule has 0 unspecified atom stereocenters. The molecule has 0 bridgehead atoms. The first-order valence-electron chi connectivity index (χ1n) is 3.96. The van der Waals surface area contributed by atoms with Crippen molar-refractivity contribution in [2.24, 2.45) is 0 Å². The normalized spacial score (nSPS) is 9.55. The van der Waals surface area contributed by atoms with Crippen molar-refractivity contribution in [3.8, 4) is 5.75 Å². The maximum atomic E-state index is 5.38. The molecule has 0 N–H and O–H groups in total. The number of rotatable bonds is 4. The summed E-state index contributed by atoms with van der Waals surface area (Å²) in [6.07, 6.45) is 5.75. The van der Waals surface area contributed by atoms with Gasteiger partial charge >= 0.3 is 0 Å². The quantitative estimate of drug-likeness (QED) is 0.616. The van der Waals surface area contributed by atoms with Crippen molar-refractivity contribution in [3.63, 3.8) is 0 Å². The number of pyridine rings is 1. The third-order valence-electron chi connectivity index (χ3n) is 1.40. The van der Waals surface area contributed by atoms with Crippen LogP contribution in [0, 0.1) is 0 Å². The van der Waals surface area contributed by atoms with E-state index in [1.807, 2.05) is 12.1 Å². The Bertz CT molecular complexity index is 186. The van der Waals surface area contributed by atoms with Crippen molar-refractivity contribution >= 4 is 0 Å². The molecule has 0 radical (unpaired) electrons. The van der Waals surface area contributed by atoms with E-state index in [9.17, 15) is 0 Å². The Kier molecular flexibility index (Phi) is 3.45. The van der Waals surface area contributed by atoms with E-state index in [-0.39, 0.29) is 0 Å². The third kappa shape index (κ3) is 3.03. The number of nitrogens with zero attached hydrogens (tertiary/aromatic N) is 1. The molecule has 0 saturated heterocycles. The van der Waals surface area contributed by atoms with Crippen LogP contribution >= 0.6 is 0 Å². The molecule has 0 saturated carbocycles. The lowest BCUT2D eigenvalue weighted by Gasteiger charge is -2.02. The molecule has 1 aromatic rings. The molecule has 1 aromatic heterocycles. The van der Waals surface area contributed by atoms with Gasteiger partial charge in [-0.3, -0.25) is 4.98 Å². The summed E-state index contributed by atoms with van der Waals surface area (Å²) in [6, 6.07) is 3.80. The van der Waals surface area contributed by atoms with Gasteiger partial charge in [0.25, 0.3) is 0 Å². The third-order valence-corrected chi connectivity index (χ3v) is 1.40. The minimum atomic E-state index is 0.794. The van der Waals surface area contributed by atoms with Gasteiger partial charge in [0.15, 0.2) is 0 Å². The highest BCUT2D eigenvalue weighted by molar-refractivity contribution is 5.15. The lowest BCUT2D eigenvalue weighted by molar-refractivity contribution is 0.308. The van der Waals surface area contributed by atoms with Crippen LogP contribution in [0.3, 0.4) is 0 Å². The minimum absolute atomic E-state index is 0.794. The monoisotopic (exact) mass is 151 g/mol. The molecule has 2 heteroatoms. The van der Waals surface area contributed by atoms with Gasteiger partial charge < -0.3 is 4.74 Å². The standard InChI is InChI=1S/C9H13NO/c1-2-3-7-11-9-5-4-6-10-8-9/h4-6,8H,2-3,7H2,1H3. The van der Waals surface area contributed by atoms with Gasteiger partial charge in [-0.1, -0.05) is 13.3 Å². The molecular weight excluding hydrogens is 138 g/mol. The number of ether oxygens (including phenoxy) is 1. The first kappa shape index (κ1) is 8.05. The first-order valence-corrected chi connectivity index (χ1v) is 3.96. The van der Waals surface area contributed by atoms with Crippen LogP contribution in [-0.4, -0.2) is 11.6 Å². The molecule has 0 atom stereocenters. The topological polar surface area (TPSA) is 22.1 Å². The number of aromatic nitrogens is 1. The van der Waals surface area contributed by atoms with Gasteiger partial charge in [0.1, 0.15) is 5.75 Å². The summed E-state index contributed by atoms with van der Waals surface area (Å²) in [5.41, 5.74) is 0. The van der Waals surface area contributed by atoms with E-state index in [0.29, 0.717) is 0 Å². The number of hydrogen-bond donors (Lipinski definition) is 0. The van der Waals surface area contributed by atoms with Crippen molar-refractivity contribution < 1.29 is 4.74 Å². The molecule has 0 aliphatic rings. The highest BCUT2D eigenvalue weighted by Gasteiger charge is 1.89. The van der Waals surface area contributed by atoms with E-state index in [1.54, 1.807) is 12.4 Å². The molecule has 2 nitrogen and oxygen atoms in total. The lowest BCUT2D eigenvalue weighted by Crippen LogP contribution is -1.95. The summed E-state index contributed by atoms with van der Waals surface area (Å²) in [4.78, 5) is 3.94. The van der Waals surface area contributed by atoms with Crippen LogP contribution in [0.4, 0.5) is 0 Å². The second kappa shape index (κ2) is 4.72. The molecule has 0 fully saturated rings. The van der Waals surface area contributed by atoms with E-state index in [0.717, 1.165) is 18.8 Å². The smallest absolute Gasteiger partial charge is 0.137 e. The first-order chi connectivity index (χ1) is 5.43. The Balaban J connectivity index is 2.28. The minimum Gasteiger partial charge on any atom is -0.492 e. The predicted octanol–water partition coefficient (Wildman–Crippen LogP) is 2.26. The zero-order valence-corrected chi connectivity index (χ0v) is 6.79. The van der Waals surface area contributed by atoms with Crippen LogP contribution in [0.1, 0.15) is 19.8 Å². The Morgan fingerprint density at radius 2 is 2.45 bits per heavy atom. The molecule has 0 aliphatic heterocycles. The van der Waals surface area contributed by atoms with Crippen molar-refractivity contribution in [3.05, 3.63) is 24.5 Å². The summed E-state index contributed by atoms with van der Waals surface area (Å²) in [6.45, 7) is 2.94.